The van der Waals surface area contributed by atoms with Crippen LogP contribution in [0.15, 0.2) is 18.2 Å². The minimum absolute atomic E-state index is 0.0912. The highest BCUT2D eigenvalue weighted by Crippen LogP contribution is 2.33. The van der Waals surface area contributed by atoms with E-state index in [0.29, 0.717) is 26.1 Å². The van der Waals surface area contributed by atoms with E-state index in [1.54, 1.807) is 6.07 Å². The van der Waals surface area contributed by atoms with E-state index in [4.69, 9.17) is 4.74 Å². The number of alkyl halides is 3. The average molecular weight is 372 g/mol. The van der Waals surface area contributed by atoms with Crippen molar-refractivity contribution in [1.82, 2.24) is 10.6 Å². The van der Waals surface area contributed by atoms with E-state index in [1.165, 1.54) is 12.1 Å². The van der Waals surface area contributed by atoms with Crippen molar-refractivity contribution in [2.45, 2.75) is 44.0 Å². The summed E-state index contributed by atoms with van der Waals surface area (Å²) in [5.41, 5.74) is 0.680. The number of carbonyl (C=O) groups is 1. The summed E-state index contributed by atoms with van der Waals surface area (Å²) in [6.07, 6.45) is -1.86. The van der Waals surface area contributed by atoms with E-state index in [-0.39, 0.29) is 17.5 Å². The fourth-order valence-corrected chi connectivity index (χ4v) is 3.45. The number of hydrogen-bond donors (Lipinski definition) is 2. The van der Waals surface area contributed by atoms with Gasteiger partial charge in [-0.3, -0.25) is 4.79 Å². The molecule has 5 nitrogen and oxygen atoms in total. The normalized spacial score (nSPS) is 20.0. The van der Waals surface area contributed by atoms with Crippen molar-refractivity contribution in [3.8, 4) is 5.75 Å². The second-order valence-corrected chi connectivity index (χ2v) is 6.69. The van der Waals surface area contributed by atoms with Crippen LogP contribution in [0, 0.1) is 0 Å². The molecule has 3 rings (SSSR count). The Labute approximate surface area is 150 Å². The summed E-state index contributed by atoms with van der Waals surface area (Å²) >= 11 is 0. The Bertz CT molecular complexity index is 625. The number of amides is 1. The molecule has 0 radical (unpaired) electrons. The molecular weight excluding hydrogens is 349 g/mol. The van der Waals surface area contributed by atoms with Crippen LogP contribution in [0.1, 0.15) is 47.5 Å². The number of benzene rings is 1. The smallest absolute Gasteiger partial charge is 0.405 e. The Hall–Kier alpha value is -1.80. The van der Waals surface area contributed by atoms with Gasteiger partial charge in [0.15, 0.2) is 0 Å². The maximum atomic E-state index is 12.8. The predicted octanol–water partition coefficient (Wildman–Crippen LogP) is 2.96. The van der Waals surface area contributed by atoms with Gasteiger partial charge >= 0.3 is 6.36 Å². The summed E-state index contributed by atoms with van der Waals surface area (Å²) in [5.74, 6) is -0.814. The maximum Gasteiger partial charge on any atom is 0.573 e. The van der Waals surface area contributed by atoms with Crippen molar-refractivity contribution in [2.75, 3.05) is 26.3 Å². The first kappa shape index (κ1) is 19.0. The summed E-state index contributed by atoms with van der Waals surface area (Å²) in [4.78, 5) is 12.5. The molecule has 0 spiro atoms. The van der Waals surface area contributed by atoms with Crippen LogP contribution >= 0.6 is 0 Å². The number of ether oxygens (including phenoxy) is 2. The lowest BCUT2D eigenvalue weighted by atomic mass is 9.89. The molecule has 2 N–H and O–H groups in total. The molecule has 0 unspecified atom stereocenters. The number of rotatable bonds is 4. The second-order valence-electron chi connectivity index (χ2n) is 6.69. The number of piperidine rings is 1. The highest BCUT2D eigenvalue weighted by Gasteiger charge is 2.34. The maximum absolute atomic E-state index is 12.8. The van der Waals surface area contributed by atoms with Crippen LogP contribution in [0.4, 0.5) is 13.2 Å². The molecule has 0 atom stereocenters. The SMILES string of the molecule is O=C(NC1CCOCC1)c1ccc(C2CCNCC2)cc1OC(F)(F)F. The summed E-state index contributed by atoms with van der Waals surface area (Å²) in [5, 5.41) is 6.01. The molecule has 8 heteroatoms. The van der Waals surface area contributed by atoms with Gasteiger partial charge in [0.05, 0.1) is 5.56 Å². The van der Waals surface area contributed by atoms with Crippen LogP contribution in [-0.4, -0.2) is 44.6 Å². The van der Waals surface area contributed by atoms with Gasteiger partial charge in [-0.05, 0) is 62.4 Å². The van der Waals surface area contributed by atoms with Gasteiger partial charge in [0, 0.05) is 19.3 Å². The van der Waals surface area contributed by atoms with Crippen molar-refractivity contribution in [2.24, 2.45) is 0 Å². The fraction of sp³-hybridized carbons (Fsp3) is 0.611. The van der Waals surface area contributed by atoms with E-state index in [1.807, 2.05) is 0 Å². The van der Waals surface area contributed by atoms with Crippen molar-refractivity contribution < 1.29 is 27.4 Å². The molecule has 2 fully saturated rings. The Morgan fingerprint density at radius 3 is 2.50 bits per heavy atom. The van der Waals surface area contributed by atoms with Gasteiger partial charge in [0.25, 0.3) is 5.91 Å². The van der Waals surface area contributed by atoms with Crippen molar-refractivity contribution >= 4 is 5.91 Å². The topological polar surface area (TPSA) is 59.6 Å². The molecule has 0 bridgehead atoms. The molecule has 2 saturated heterocycles. The van der Waals surface area contributed by atoms with Gasteiger partial charge in [0.2, 0.25) is 0 Å². The van der Waals surface area contributed by atoms with Crippen LogP contribution in [0.3, 0.4) is 0 Å². The van der Waals surface area contributed by atoms with Gasteiger partial charge in [-0.1, -0.05) is 6.07 Å². The first-order chi connectivity index (χ1) is 12.4. The highest BCUT2D eigenvalue weighted by atomic mass is 19.4. The van der Waals surface area contributed by atoms with E-state index in [2.05, 4.69) is 15.4 Å². The molecule has 0 aliphatic carbocycles. The largest absolute Gasteiger partial charge is 0.573 e. The molecule has 26 heavy (non-hydrogen) atoms. The Balaban J connectivity index is 1.81. The van der Waals surface area contributed by atoms with Crippen molar-refractivity contribution in [1.29, 1.82) is 0 Å². The Morgan fingerprint density at radius 2 is 1.85 bits per heavy atom. The zero-order valence-electron chi connectivity index (χ0n) is 14.4. The first-order valence-corrected chi connectivity index (χ1v) is 8.91. The summed E-state index contributed by atoms with van der Waals surface area (Å²) < 4.78 is 47.9. The van der Waals surface area contributed by atoms with Crippen molar-refractivity contribution in [3.05, 3.63) is 29.3 Å². The van der Waals surface area contributed by atoms with Gasteiger partial charge in [-0.25, -0.2) is 0 Å². The third-order valence-electron chi connectivity index (χ3n) is 4.84. The number of halogens is 3. The fourth-order valence-electron chi connectivity index (χ4n) is 3.45. The van der Waals surface area contributed by atoms with E-state index in [0.717, 1.165) is 31.5 Å². The van der Waals surface area contributed by atoms with E-state index < -0.39 is 18.0 Å². The zero-order chi connectivity index (χ0) is 18.6. The van der Waals surface area contributed by atoms with Crippen molar-refractivity contribution in [3.63, 3.8) is 0 Å². The molecular formula is C18H23F3N2O3. The van der Waals surface area contributed by atoms with Gasteiger partial charge in [-0.15, -0.1) is 13.2 Å². The molecule has 1 amide bonds. The molecule has 0 saturated carbocycles. The first-order valence-electron chi connectivity index (χ1n) is 8.91. The lowest BCUT2D eigenvalue weighted by molar-refractivity contribution is -0.274. The van der Waals surface area contributed by atoms with Crippen LogP contribution < -0.4 is 15.4 Å². The molecule has 2 heterocycles. The Kier molecular flexibility index (Phi) is 6.03. The lowest BCUT2D eigenvalue weighted by Gasteiger charge is -2.25. The summed E-state index contributed by atoms with van der Waals surface area (Å²) in [7, 11) is 0. The molecule has 1 aromatic carbocycles. The van der Waals surface area contributed by atoms with E-state index >= 15 is 0 Å². The van der Waals surface area contributed by atoms with Crippen LogP contribution in [0.5, 0.6) is 5.75 Å². The molecule has 2 aliphatic heterocycles. The van der Waals surface area contributed by atoms with Gasteiger partial charge in [-0.2, -0.15) is 0 Å². The minimum Gasteiger partial charge on any atom is -0.405 e. The highest BCUT2D eigenvalue weighted by molar-refractivity contribution is 5.97. The van der Waals surface area contributed by atoms with E-state index in [9.17, 15) is 18.0 Å². The minimum atomic E-state index is -4.85. The predicted molar refractivity (Wildman–Crippen MR) is 89.3 cm³/mol. The second kappa shape index (κ2) is 8.26. The molecule has 1 aromatic rings. The third-order valence-corrected chi connectivity index (χ3v) is 4.84. The number of hydrogen-bond acceptors (Lipinski definition) is 4. The summed E-state index contributed by atoms with van der Waals surface area (Å²) in [6, 6.07) is 4.44. The Morgan fingerprint density at radius 1 is 1.15 bits per heavy atom. The number of nitrogens with one attached hydrogen (secondary N) is 2. The standard InChI is InChI=1S/C18H23F3N2O3/c19-18(20,21)26-16-11-13(12-3-7-22-8-4-12)1-2-15(16)17(24)23-14-5-9-25-10-6-14/h1-2,11-12,14,22H,3-10H2,(H,23,24). The zero-order valence-corrected chi connectivity index (χ0v) is 14.4. The monoisotopic (exact) mass is 372 g/mol. The van der Waals surface area contributed by atoms with Crippen LogP contribution in [-0.2, 0) is 4.74 Å². The molecule has 0 aromatic heterocycles. The molecule has 144 valence electrons. The van der Waals surface area contributed by atoms with Gasteiger partial charge in [0.1, 0.15) is 5.75 Å². The molecule has 2 aliphatic rings. The van der Waals surface area contributed by atoms with Gasteiger partial charge < -0.3 is 20.1 Å². The number of carbonyl (C=O) groups excluding carboxylic acids is 1. The summed E-state index contributed by atoms with van der Waals surface area (Å²) in [6.45, 7) is 2.72. The third kappa shape index (κ3) is 5.11. The van der Waals surface area contributed by atoms with Crippen LogP contribution in [0.2, 0.25) is 0 Å². The van der Waals surface area contributed by atoms with Crippen LogP contribution in [0.25, 0.3) is 0 Å². The average Bonchev–Trinajstić information content (AvgIpc) is 2.62. The quantitative estimate of drug-likeness (QED) is 0.853. The lowest BCUT2D eigenvalue weighted by Crippen LogP contribution is -2.39.